The van der Waals surface area contributed by atoms with Crippen molar-refractivity contribution in [3.05, 3.63) is 57.9 Å². The van der Waals surface area contributed by atoms with E-state index in [2.05, 4.69) is 4.98 Å². The summed E-state index contributed by atoms with van der Waals surface area (Å²) in [6.07, 6.45) is 1.92. The van der Waals surface area contributed by atoms with Gasteiger partial charge in [-0.25, -0.2) is 0 Å². The minimum Gasteiger partial charge on any atom is -0.258 e. The van der Waals surface area contributed by atoms with Gasteiger partial charge in [-0.15, -0.1) is 0 Å². The lowest BCUT2D eigenvalue weighted by molar-refractivity contribution is -0.385. The zero-order valence-electron chi connectivity index (χ0n) is 9.38. The molecule has 0 N–H and O–H groups in total. The van der Waals surface area contributed by atoms with Crippen molar-refractivity contribution in [3.63, 3.8) is 0 Å². The van der Waals surface area contributed by atoms with Crippen LogP contribution in [0, 0.1) is 17.0 Å². The van der Waals surface area contributed by atoms with Crippen molar-refractivity contribution in [2.45, 2.75) is 20.3 Å². The number of hydrogen-bond donors (Lipinski definition) is 0. The molecule has 0 fully saturated rings. The molecular weight excluding hydrogens is 204 g/mol. The van der Waals surface area contributed by atoms with Gasteiger partial charge in [-0.2, -0.15) is 0 Å². The van der Waals surface area contributed by atoms with Crippen molar-refractivity contribution in [1.29, 1.82) is 0 Å². The first-order valence-corrected chi connectivity index (χ1v) is 5.08. The Balaban J connectivity index is 3.50. The zero-order valence-corrected chi connectivity index (χ0v) is 9.38. The average Bonchev–Trinajstić information content (AvgIpc) is 2.25. The Bertz CT molecular complexity index is 443. The van der Waals surface area contributed by atoms with E-state index in [1.54, 1.807) is 25.1 Å². The van der Waals surface area contributed by atoms with E-state index in [0.29, 0.717) is 12.0 Å². The molecule has 0 saturated carbocycles. The van der Waals surface area contributed by atoms with Gasteiger partial charge in [-0.3, -0.25) is 15.1 Å². The first kappa shape index (κ1) is 12.1. The number of aromatic nitrogens is 1. The van der Waals surface area contributed by atoms with Crippen LogP contribution in [0.1, 0.15) is 18.2 Å². The molecule has 0 aliphatic rings. The second-order valence-electron chi connectivity index (χ2n) is 3.33. The summed E-state index contributed by atoms with van der Waals surface area (Å²) in [7, 11) is 0. The van der Waals surface area contributed by atoms with Gasteiger partial charge in [0.25, 0.3) is 5.69 Å². The van der Waals surface area contributed by atoms with Crippen LogP contribution in [0.4, 0.5) is 5.69 Å². The fourth-order valence-corrected chi connectivity index (χ4v) is 1.27. The van der Waals surface area contributed by atoms with Crippen molar-refractivity contribution in [2.24, 2.45) is 0 Å². The molecule has 0 bridgehead atoms. The Morgan fingerprint density at radius 2 is 2.00 bits per heavy atom. The van der Waals surface area contributed by atoms with Crippen molar-refractivity contribution >= 4 is 5.69 Å². The molecule has 0 saturated heterocycles. The maximum Gasteiger partial charge on any atom is 0.290 e. The lowest BCUT2D eigenvalue weighted by Crippen LogP contribution is -1.93. The Labute approximate surface area is 94.4 Å². The molecule has 4 nitrogen and oxygen atoms in total. The summed E-state index contributed by atoms with van der Waals surface area (Å²) in [5, 5.41) is 10.9. The van der Waals surface area contributed by atoms with Gasteiger partial charge in [0.05, 0.1) is 4.92 Å². The van der Waals surface area contributed by atoms with E-state index >= 15 is 0 Å². The molecule has 0 aliphatic heterocycles. The third-order valence-corrected chi connectivity index (χ3v) is 2.15. The van der Waals surface area contributed by atoms with Crippen molar-refractivity contribution < 1.29 is 4.92 Å². The second kappa shape index (κ2) is 5.80. The summed E-state index contributed by atoms with van der Waals surface area (Å²) in [5.41, 5.74) is 1.47. The molecule has 0 spiro atoms. The lowest BCUT2D eigenvalue weighted by Gasteiger charge is -1.95. The minimum atomic E-state index is -0.398. The number of rotatable bonds is 2. The molecule has 0 aliphatic carbocycles. The van der Waals surface area contributed by atoms with Gasteiger partial charge in [-0.1, -0.05) is 31.2 Å². The van der Waals surface area contributed by atoms with Gasteiger partial charge in [0.2, 0.25) is 0 Å². The normalized spacial score (nSPS) is 9.38. The van der Waals surface area contributed by atoms with E-state index < -0.39 is 4.92 Å². The molecule has 1 heterocycles. The van der Waals surface area contributed by atoms with Gasteiger partial charge < -0.3 is 0 Å². The number of nitro groups is 1. The molecular formula is C12H14N2O2. The molecule has 0 radical (unpaired) electrons. The van der Waals surface area contributed by atoms with Crippen LogP contribution in [0.25, 0.3) is 0 Å². The summed E-state index contributed by atoms with van der Waals surface area (Å²) >= 11 is 0. The summed E-state index contributed by atoms with van der Waals surface area (Å²) < 4.78 is 0. The summed E-state index contributed by atoms with van der Waals surface area (Å²) in [6.45, 7) is 3.69. The Kier molecular flexibility index (Phi) is 4.39. The van der Waals surface area contributed by atoms with Gasteiger partial charge in [0.1, 0.15) is 6.20 Å². The quantitative estimate of drug-likeness (QED) is 0.566. The molecule has 0 atom stereocenters. The summed E-state index contributed by atoms with van der Waals surface area (Å²) in [6, 6.07) is 9.03. The smallest absolute Gasteiger partial charge is 0.258 e. The minimum absolute atomic E-state index is 0.0572. The fourth-order valence-electron chi connectivity index (χ4n) is 1.27. The molecule has 0 amide bonds. The van der Waals surface area contributed by atoms with E-state index in [1.807, 2.05) is 19.1 Å². The molecule has 0 unspecified atom stereocenters. The Morgan fingerprint density at radius 1 is 1.31 bits per heavy atom. The average molecular weight is 218 g/mol. The summed E-state index contributed by atoms with van der Waals surface area (Å²) in [4.78, 5) is 14.5. The van der Waals surface area contributed by atoms with Gasteiger partial charge in [0, 0.05) is 11.3 Å². The highest BCUT2D eigenvalue weighted by Gasteiger charge is 2.08. The van der Waals surface area contributed by atoms with Gasteiger partial charge in [-0.05, 0) is 19.4 Å². The third kappa shape index (κ3) is 3.31. The van der Waals surface area contributed by atoms with E-state index in [-0.39, 0.29) is 5.69 Å². The molecule has 4 heteroatoms. The number of hydrogen-bond acceptors (Lipinski definition) is 3. The third-order valence-electron chi connectivity index (χ3n) is 2.15. The predicted octanol–water partition coefficient (Wildman–Crippen LogP) is 2.99. The Morgan fingerprint density at radius 3 is 2.62 bits per heavy atom. The second-order valence-corrected chi connectivity index (χ2v) is 3.33. The lowest BCUT2D eigenvalue weighted by atomic mass is 10.2. The summed E-state index contributed by atoms with van der Waals surface area (Å²) in [5.74, 6) is 0. The van der Waals surface area contributed by atoms with Crippen molar-refractivity contribution in [2.75, 3.05) is 0 Å². The SMILES string of the molecule is CCc1cccccc(C)ncc1[N+](=O)[O-]. The van der Waals surface area contributed by atoms with Gasteiger partial charge >= 0.3 is 0 Å². The van der Waals surface area contributed by atoms with Crippen LogP contribution < -0.4 is 0 Å². The highest BCUT2D eigenvalue weighted by molar-refractivity contribution is 5.35. The fraction of sp³-hybridized carbons (Fsp3) is 0.250. The standard InChI is InChI=1S/C12H14N2O2/c1-3-11-8-6-4-5-7-10(2)13-9-12(11)14(15)16/h4-9H,3H2,1-2H3. The Hall–Kier alpha value is -1.97. The molecule has 1 aromatic rings. The molecule has 84 valence electrons. The van der Waals surface area contributed by atoms with Crippen LogP contribution in [-0.2, 0) is 6.42 Å². The molecule has 1 rings (SSSR count). The first-order chi connectivity index (χ1) is 7.65. The highest BCUT2D eigenvalue weighted by Crippen LogP contribution is 2.14. The van der Waals surface area contributed by atoms with Crippen LogP contribution in [0.15, 0.2) is 36.5 Å². The van der Waals surface area contributed by atoms with Crippen LogP contribution in [0.5, 0.6) is 0 Å². The van der Waals surface area contributed by atoms with E-state index in [9.17, 15) is 10.1 Å². The predicted molar refractivity (Wildman–Crippen MR) is 62.6 cm³/mol. The largest absolute Gasteiger partial charge is 0.290 e. The monoisotopic (exact) mass is 218 g/mol. The molecule has 1 aromatic heterocycles. The highest BCUT2D eigenvalue weighted by atomic mass is 16.6. The van der Waals surface area contributed by atoms with E-state index in [4.69, 9.17) is 0 Å². The number of aryl methyl sites for hydroxylation is 2. The topological polar surface area (TPSA) is 56.0 Å². The van der Waals surface area contributed by atoms with Crippen LogP contribution >= 0.6 is 0 Å². The van der Waals surface area contributed by atoms with Crippen molar-refractivity contribution in [3.8, 4) is 0 Å². The maximum absolute atomic E-state index is 10.9. The first-order valence-electron chi connectivity index (χ1n) is 5.08. The van der Waals surface area contributed by atoms with Crippen LogP contribution in [0.2, 0.25) is 0 Å². The van der Waals surface area contributed by atoms with Crippen LogP contribution in [-0.4, -0.2) is 9.91 Å². The van der Waals surface area contributed by atoms with E-state index in [1.165, 1.54) is 6.20 Å². The zero-order chi connectivity index (χ0) is 12.0. The molecule has 0 aromatic carbocycles. The number of nitrogens with zero attached hydrogens (tertiary/aromatic N) is 2. The van der Waals surface area contributed by atoms with Crippen LogP contribution in [0.3, 0.4) is 0 Å². The maximum atomic E-state index is 10.9. The van der Waals surface area contributed by atoms with Crippen molar-refractivity contribution in [1.82, 2.24) is 4.98 Å². The molecule has 16 heavy (non-hydrogen) atoms. The van der Waals surface area contributed by atoms with E-state index in [0.717, 1.165) is 5.69 Å². The van der Waals surface area contributed by atoms with Gasteiger partial charge in [0.15, 0.2) is 0 Å².